The van der Waals surface area contributed by atoms with Crippen molar-refractivity contribution in [1.82, 2.24) is 9.80 Å². The molecular weight excluding hydrogens is 416 g/mol. The molecule has 2 aliphatic carbocycles. The van der Waals surface area contributed by atoms with Gasteiger partial charge >= 0.3 is 0 Å². The maximum Gasteiger partial charge on any atom is 0.237 e. The van der Waals surface area contributed by atoms with Crippen molar-refractivity contribution in [3.8, 4) is 0 Å². The van der Waals surface area contributed by atoms with Crippen LogP contribution in [0, 0.1) is 11.8 Å². The first-order valence-corrected chi connectivity index (χ1v) is 13.9. The van der Waals surface area contributed by atoms with Crippen LogP contribution in [0.3, 0.4) is 0 Å². The van der Waals surface area contributed by atoms with Gasteiger partial charge in [-0.05, 0) is 98.5 Å². The van der Waals surface area contributed by atoms with Crippen molar-refractivity contribution in [2.75, 3.05) is 26.2 Å². The number of amides is 1. The molecule has 3 nitrogen and oxygen atoms in total. The maximum absolute atomic E-state index is 13.2. The monoisotopic (exact) mass is 456 g/mol. The van der Waals surface area contributed by atoms with E-state index in [4.69, 9.17) is 0 Å². The van der Waals surface area contributed by atoms with E-state index in [-0.39, 0.29) is 0 Å². The van der Waals surface area contributed by atoms with Crippen molar-refractivity contribution in [2.24, 2.45) is 11.8 Å². The molecule has 2 aromatic carbocycles. The van der Waals surface area contributed by atoms with Gasteiger partial charge in [0, 0.05) is 18.5 Å². The molecule has 3 heteroatoms. The van der Waals surface area contributed by atoms with E-state index in [0.717, 1.165) is 44.4 Å². The molecule has 1 atom stereocenters. The number of rotatable bonds is 4. The average molecular weight is 457 g/mol. The van der Waals surface area contributed by atoms with E-state index >= 15 is 0 Å². The third kappa shape index (κ3) is 4.00. The number of carbonyl (C=O) groups is 1. The lowest BCUT2D eigenvalue weighted by molar-refractivity contribution is -0.133. The normalized spacial score (nSPS) is 26.3. The zero-order valence-electron chi connectivity index (χ0n) is 20.7. The van der Waals surface area contributed by atoms with Gasteiger partial charge in [0.2, 0.25) is 5.91 Å². The predicted molar refractivity (Wildman–Crippen MR) is 138 cm³/mol. The molecule has 0 N–H and O–H groups in total. The number of nitrogens with zero attached hydrogens (tertiary/aromatic N) is 2. The first-order valence-electron chi connectivity index (χ1n) is 13.9. The fraction of sp³-hybridized carbons (Fsp3) is 0.581. The fourth-order valence-electron chi connectivity index (χ4n) is 8.13. The summed E-state index contributed by atoms with van der Waals surface area (Å²) in [6.07, 6.45) is 13.2. The Morgan fingerprint density at radius 2 is 1.44 bits per heavy atom. The Bertz CT molecular complexity index is 1020. The zero-order chi connectivity index (χ0) is 23.0. The van der Waals surface area contributed by atoms with Crippen LogP contribution in [-0.2, 0) is 29.6 Å². The molecule has 2 fully saturated rings. The number of fused-ring (bicyclic) bond motifs is 2. The Labute approximate surface area is 205 Å². The minimum absolute atomic E-state index is 0.321. The Kier molecular flexibility index (Phi) is 6.24. The first-order chi connectivity index (χ1) is 16.7. The Morgan fingerprint density at radius 3 is 2.24 bits per heavy atom. The largest absolute Gasteiger partial charge is 0.337 e. The minimum atomic E-state index is 0.321. The van der Waals surface area contributed by atoms with Crippen LogP contribution in [0.15, 0.2) is 48.5 Å². The van der Waals surface area contributed by atoms with Gasteiger partial charge in [-0.1, -0.05) is 61.4 Å². The van der Waals surface area contributed by atoms with Crippen LogP contribution in [0.1, 0.15) is 73.6 Å². The molecule has 1 saturated carbocycles. The molecule has 6 rings (SSSR count). The molecule has 2 aliphatic heterocycles. The first kappa shape index (κ1) is 22.3. The van der Waals surface area contributed by atoms with Gasteiger partial charge in [-0.2, -0.15) is 0 Å². The van der Waals surface area contributed by atoms with E-state index in [1.807, 2.05) is 0 Å². The summed E-state index contributed by atoms with van der Waals surface area (Å²) in [4.78, 5) is 17.7. The summed E-state index contributed by atoms with van der Waals surface area (Å²) < 4.78 is 0. The van der Waals surface area contributed by atoms with Crippen molar-refractivity contribution in [3.63, 3.8) is 0 Å². The smallest absolute Gasteiger partial charge is 0.237 e. The molecule has 0 spiro atoms. The highest BCUT2D eigenvalue weighted by molar-refractivity contribution is 5.78. The van der Waals surface area contributed by atoms with Crippen LogP contribution in [0.5, 0.6) is 0 Å². The molecule has 0 aromatic heterocycles. The van der Waals surface area contributed by atoms with Crippen molar-refractivity contribution in [3.05, 3.63) is 70.8 Å². The molecule has 2 aromatic rings. The quantitative estimate of drug-likeness (QED) is 0.585. The summed E-state index contributed by atoms with van der Waals surface area (Å²) in [7, 11) is 0. The van der Waals surface area contributed by atoms with Crippen LogP contribution >= 0.6 is 0 Å². The lowest BCUT2D eigenvalue weighted by Crippen LogP contribution is -2.50. The standard InChI is InChI=1S/C31H40N2O/c34-30(33-21-15-24-8-1-2-10-26(24)22-33)23-32-19-16-28(17-20-32)31(27-12-4-5-13-27)18-7-11-25-9-3-6-14-29(25)31/h1-3,6,8-10,14,27-28H,4-5,7,11-13,15-23H2. The molecule has 0 bridgehead atoms. The van der Waals surface area contributed by atoms with Gasteiger partial charge in [0.25, 0.3) is 0 Å². The van der Waals surface area contributed by atoms with Gasteiger partial charge in [-0.15, -0.1) is 0 Å². The van der Waals surface area contributed by atoms with Crippen LogP contribution in [0.2, 0.25) is 0 Å². The maximum atomic E-state index is 13.2. The summed E-state index contributed by atoms with van der Waals surface area (Å²) in [6.45, 7) is 4.41. The minimum Gasteiger partial charge on any atom is -0.337 e. The Morgan fingerprint density at radius 1 is 0.765 bits per heavy atom. The molecule has 4 aliphatic rings. The highest BCUT2D eigenvalue weighted by Crippen LogP contribution is 2.55. The van der Waals surface area contributed by atoms with Gasteiger partial charge in [0.15, 0.2) is 0 Å². The van der Waals surface area contributed by atoms with Crippen molar-refractivity contribution in [2.45, 2.75) is 76.2 Å². The number of carbonyl (C=O) groups excluding carboxylic acids is 1. The number of likely N-dealkylation sites (tertiary alicyclic amines) is 1. The van der Waals surface area contributed by atoms with Gasteiger partial charge in [0.05, 0.1) is 6.54 Å². The number of piperidine rings is 1. The lowest BCUT2D eigenvalue weighted by Gasteiger charge is -2.52. The van der Waals surface area contributed by atoms with Gasteiger partial charge < -0.3 is 4.90 Å². The van der Waals surface area contributed by atoms with Crippen molar-refractivity contribution < 1.29 is 4.79 Å². The van der Waals surface area contributed by atoms with Crippen LogP contribution in [0.25, 0.3) is 0 Å². The zero-order valence-corrected chi connectivity index (χ0v) is 20.7. The van der Waals surface area contributed by atoms with Gasteiger partial charge in [-0.25, -0.2) is 0 Å². The number of benzene rings is 2. The average Bonchev–Trinajstić information content (AvgIpc) is 3.44. The number of hydrogen-bond acceptors (Lipinski definition) is 2. The van der Waals surface area contributed by atoms with E-state index in [2.05, 4.69) is 58.3 Å². The fourth-order valence-corrected chi connectivity index (χ4v) is 8.13. The summed E-state index contributed by atoms with van der Waals surface area (Å²) in [5.41, 5.74) is 6.46. The molecule has 34 heavy (non-hydrogen) atoms. The van der Waals surface area contributed by atoms with Crippen LogP contribution < -0.4 is 0 Å². The van der Waals surface area contributed by atoms with E-state index in [1.54, 1.807) is 11.1 Å². The predicted octanol–water partition coefficient (Wildman–Crippen LogP) is 5.75. The van der Waals surface area contributed by atoms with Gasteiger partial charge in [0.1, 0.15) is 0 Å². The van der Waals surface area contributed by atoms with E-state index < -0.39 is 0 Å². The third-order valence-electron chi connectivity index (χ3n) is 9.80. The van der Waals surface area contributed by atoms with Crippen molar-refractivity contribution in [1.29, 1.82) is 0 Å². The Balaban J connectivity index is 1.14. The molecule has 1 saturated heterocycles. The highest BCUT2D eigenvalue weighted by Gasteiger charge is 2.49. The SMILES string of the molecule is O=C(CN1CCC(C2(C3CCCC3)CCCc3ccccc32)CC1)N1CCc2ccccc2C1. The molecule has 1 amide bonds. The number of aryl methyl sites for hydroxylation is 1. The molecule has 2 heterocycles. The second-order valence-corrected chi connectivity index (χ2v) is 11.4. The lowest BCUT2D eigenvalue weighted by atomic mass is 9.54. The highest BCUT2D eigenvalue weighted by atomic mass is 16.2. The Hall–Kier alpha value is -2.13. The topological polar surface area (TPSA) is 23.6 Å². The second kappa shape index (κ2) is 9.49. The van der Waals surface area contributed by atoms with Crippen LogP contribution in [0.4, 0.5) is 0 Å². The summed E-state index contributed by atoms with van der Waals surface area (Å²) >= 11 is 0. The van der Waals surface area contributed by atoms with E-state index in [0.29, 0.717) is 17.9 Å². The molecule has 1 unspecified atom stereocenters. The molecule has 0 radical (unpaired) electrons. The van der Waals surface area contributed by atoms with E-state index in [1.165, 1.54) is 68.9 Å². The van der Waals surface area contributed by atoms with Crippen molar-refractivity contribution >= 4 is 5.91 Å². The van der Waals surface area contributed by atoms with Gasteiger partial charge in [-0.3, -0.25) is 9.69 Å². The molecular formula is C31H40N2O. The van der Waals surface area contributed by atoms with E-state index in [9.17, 15) is 4.79 Å². The number of hydrogen-bond donors (Lipinski definition) is 0. The third-order valence-corrected chi connectivity index (χ3v) is 9.80. The summed E-state index contributed by atoms with van der Waals surface area (Å²) in [6, 6.07) is 18.0. The summed E-state index contributed by atoms with van der Waals surface area (Å²) in [5, 5.41) is 0. The molecule has 180 valence electrons. The second-order valence-electron chi connectivity index (χ2n) is 11.4. The summed E-state index contributed by atoms with van der Waals surface area (Å²) in [5.74, 6) is 1.95. The van der Waals surface area contributed by atoms with Crippen LogP contribution in [-0.4, -0.2) is 41.9 Å².